The van der Waals surface area contributed by atoms with Crippen molar-refractivity contribution in [3.05, 3.63) is 0 Å². The van der Waals surface area contributed by atoms with Crippen molar-refractivity contribution >= 4 is 0 Å². The lowest BCUT2D eigenvalue weighted by atomic mass is 9.92. The van der Waals surface area contributed by atoms with Crippen LogP contribution < -0.4 is 0 Å². The third-order valence-corrected chi connectivity index (χ3v) is 5.57. The summed E-state index contributed by atoms with van der Waals surface area (Å²) in [5, 5.41) is 39.2. The van der Waals surface area contributed by atoms with Gasteiger partial charge >= 0.3 is 0 Å². The summed E-state index contributed by atoms with van der Waals surface area (Å²) in [5.74, 6) is -1.73. The van der Waals surface area contributed by atoms with Gasteiger partial charge in [-0.15, -0.1) is 0 Å². The van der Waals surface area contributed by atoms with Crippen LogP contribution in [0.5, 0.6) is 0 Å². The van der Waals surface area contributed by atoms with Crippen LogP contribution in [-0.4, -0.2) is 51.1 Å². The minimum absolute atomic E-state index is 0.146. The van der Waals surface area contributed by atoms with E-state index in [1.807, 2.05) is 0 Å². The molecule has 1 rings (SSSR count). The first-order valence-electron chi connectivity index (χ1n) is 10.9. The Balaban J connectivity index is 1.90. The second-order valence-electron chi connectivity index (χ2n) is 8.00. The number of ether oxygens (including phenoxy) is 1. The molecule has 1 aliphatic rings. The third-order valence-electron chi connectivity index (χ3n) is 5.57. The van der Waals surface area contributed by atoms with Gasteiger partial charge in [-0.05, 0) is 6.42 Å². The van der Waals surface area contributed by atoms with Crippen molar-refractivity contribution in [1.82, 2.24) is 0 Å². The highest BCUT2D eigenvalue weighted by Crippen LogP contribution is 2.29. The molecule has 1 saturated heterocycles. The van der Waals surface area contributed by atoms with Gasteiger partial charge in [0.2, 0.25) is 0 Å². The van der Waals surface area contributed by atoms with Crippen LogP contribution in [0.3, 0.4) is 0 Å². The van der Waals surface area contributed by atoms with Gasteiger partial charge in [0, 0.05) is 6.42 Å². The molecule has 0 aromatic rings. The molecule has 4 atom stereocenters. The Morgan fingerprint density at radius 3 is 1.62 bits per heavy atom. The molecule has 1 aliphatic heterocycles. The molecule has 1 unspecified atom stereocenters. The fourth-order valence-corrected chi connectivity index (χ4v) is 3.68. The number of aliphatic hydroxyl groups is 4. The lowest BCUT2D eigenvalue weighted by Crippen LogP contribution is -2.60. The van der Waals surface area contributed by atoms with E-state index in [9.17, 15) is 20.4 Å². The van der Waals surface area contributed by atoms with Crippen LogP contribution in [0.2, 0.25) is 0 Å². The van der Waals surface area contributed by atoms with Gasteiger partial charge in [0.05, 0.1) is 6.61 Å². The zero-order valence-corrected chi connectivity index (χ0v) is 16.7. The normalized spacial score (nSPS) is 29.2. The molecule has 0 spiro atoms. The SMILES string of the molecule is CCCCCCCCCCCCCCCCC1(O)OC[C@@H](O)[C@H](O)[C@H]1O. The second kappa shape index (κ2) is 13.9. The van der Waals surface area contributed by atoms with Gasteiger partial charge in [0.25, 0.3) is 0 Å². The summed E-state index contributed by atoms with van der Waals surface area (Å²) in [4.78, 5) is 0. The molecule has 4 N–H and O–H groups in total. The summed E-state index contributed by atoms with van der Waals surface area (Å²) in [5.41, 5.74) is 0. The van der Waals surface area contributed by atoms with Crippen LogP contribution in [0.15, 0.2) is 0 Å². The molecule has 26 heavy (non-hydrogen) atoms. The number of hydrogen-bond donors (Lipinski definition) is 4. The Kier molecular flexibility index (Phi) is 12.7. The van der Waals surface area contributed by atoms with Crippen molar-refractivity contribution < 1.29 is 25.2 Å². The number of unbranched alkanes of at least 4 members (excludes halogenated alkanes) is 13. The second-order valence-corrected chi connectivity index (χ2v) is 8.00. The van der Waals surface area contributed by atoms with Gasteiger partial charge in [-0.3, -0.25) is 0 Å². The predicted molar refractivity (Wildman–Crippen MR) is 104 cm³/mol. The van der Waals surface area contributed by atoms with E-state index in [1.165, 1.54) is 70.6 Å². The monoisotopic (exact) mass is 374 g/mol. The van der Waals surface area contributed by atoms with Crippen LogP contribution in [-0.2, 0) is 4.74 Å². The molecule has 0 radical (unpaired) electrons. The van der Waals surface area contributed by atoms with Crippen molar-refractivity contribution in [3.63, 3.8) is 0 Å². The summed E-state index contributed by atoms with van der Waals surface area (Å²) < 4.78 is 5.17. The molecule has 156 valence electrons. The van der Waals surface area contributed by atoms with Gasteiger partial charge in [-0.1, -0.05) is 90.4 Å². The fraction of sp³-hybridized carbons (Fsp3) is 1.00. The summed E-state index contributed by atoms with van der Waals surface area (Å²) in [6.07, 6.45) is 14.0. The van der Waals surface area contributed by atoms with Gasteiger partial charge in [-0.25, -0.2) is 0 Å². The van der Waals surface area contributed by atoms with Crippen molar-refractivity contribution in [2.24, 2.45) is 0 Å². The molecule has 0 saturated carbocycles. The van der Waals surface area contributed by atoms with Gasteiger partial charge < -0.3 is 25.2 Å². The van der Waals surface area contributed by atoms with Crippen molar-refractivity contribution in [3.8, 4) is 0 Å². The molecule has 1 fully saturated rings. The van der Waals surface area contributed by atoms with Crippen molar-refractivity contribution in [2.45, 2.75) is 127 Å². The Morgan fingerprint density at radius 2 is 1.15 bits per heavy atom. The summed E-state index contributed by atoms with van der Waals surface area (Å²) in [7, 11) is 0. The van der Waals surface area contributed by atoms with E-state index >= 15 is 0 Å². The average Bonchev–Trinajstić information content (AvgIpc) is 2.64. The van der Waals surface area contributed by atoms with Crippen LogP contribution in [0.1, 0.15) is 103 Å². The van der Waals surface area contributed by atoms with E-state index in [0.29, 0.717) is 0 Å². The van der Waals surface area contributed by atoms with E-state index in [2.05, 4.69) is 6.92 Å². The maximum Gasteiger partial charge on any atom is 0.194 e. The highest BCUT2D eigenvalue weighted by molar-refractivity contribution is 4.91. The predicted octanol–water partition coefficient (Wildman–Crippen LogP) is 3.66. The largest absolute Gasteiger partial charge is 0.388 e. The van der Waals surface area contributed by atoms with Gasteiger partial charge in [-0.2, -0.15) is 0 Å². The number of rotatable bonds is 15. The molecule has 5 heteroatoms. The average molecular weight is 375 g/mol. The maximum atomic E-state index is 10.3. The van der Waals surface area contributed by atoms with E-state index < -0.39 is 24.1 Å². The first kappa shape index (κ1) is 23.8. The van der Waals surface area contributed by atoms with E-state index in [0.717, 1.165) is 19.3 Å². The third kappa shape index (κ3) is 9.14. The minimum Gasteiger partial charge on any atom is -0.388 e. The zero-order valence-electron chi connectivity index (χ0n) is 16.7. The number of aliphatic hydroxyl groups excluding tert-OH is 3. The summed E-state index contributed by atoms with van der Waals surface area (Å²) in [6.45, 7) is 2.11. The lowest BCUT2D eigenvalue weighted by Gasteiger charge is -2.41. The molecular weight excluding hydrogens is 332 g/mol. The topological polar surface area (TPSA) is 90.2 Å². The maximum absolute atomic E-state index is 10.3. The molecule has 1 heterocycles. The fourth-order valence-electron chi connectivity index (χ4n) is 3.68. The molecular formula is C21H42O5. The van der Waals surface area contributed by atoms with E-state index in [-0.39, 0.29) is 13.0 Å². The lowest BCUT2D eigenvalue weighted by molar-refractivity contribution is -0.323. The smallest absolute Gasteiger partial charge is 0.194 e. The molecule has 0 aromatic heterocycles. The Hall–Kier alpha value is -0.200. The first-order chi connectivity index (χ1) is 12.5. The number of hydrogen-bond acceptors (Lipinski definition) is 5. The van der Waals surface area contributed by atoms with Gasteiger partial charge in [0.15, 0.2) is 5.79 Å². The summed E-state index contributed by atoms with van der Waals surface area (Å²) >= 11 is 0. The zero-order chi connectivity index (χ0) is 19.3. The van der Waals surface area contributed by atoms with Crippen molar-refractivity contribution in [2.75, 3.05) is 6.61 Å². The highest BCUT2D eigenvalue weighted by atomic mass is 16.6. The standard InChI is InChI=1S/C21H42O5/c1-2-3-4-5-6-7-8-9-10-11-12-13-14-15-16-21(25)20(24)19(23)18(22)17-26-21/h18-20,22-25H,2-17H2,1H3/t18-,19+,20-,21?/m1/s1. The highest BCUT2D eigenvalue weighted by Gasteiger charge is 2.47. The van der Waals surface area contributed by atoms with E-state index in [1.54, 1.807) is 0 Å². The van der Waals surface area contributed by atoms with Crippen LogP contribution in [0.25, 0.3) is 0 Å². The quantitative estimate of drug-likeness (QED) is 0.328. The molecule has 5 nitrogen and oxygen atoms in total. The van der Waals surface area contributed by atoms with E-state index in [4.69, 9.17) is 4.74 Å². The molecule has 0 amide bonds. The van der Waals surface area contributed by atoms with Crippen LogP contribution in [0, 0.1) is 0 Å². The van der Waals surface area contributed by atoms with Gasteiger partial charge in [0.1, 0.15) is 18.3 Å². The van der Waals surface area contributed by atoms with Crippen molar-refractivity contribution in [1.29, 1.82) is 0 Å². The summed E-state index contributed by atoms with van der Waals surface area (Å²) in [6, 6.07) is 0. The Morgan fingerprint density at radius 1 is 0.731 bits per heavy atom. The first-order valence-corrected chi connectivity index (χ1v) is 10.9. The molecule has 0 bridgehead atoms. The van der Waals surface area contributed by atoms with Crippen LogP contribution in [0.4, 0.5) is 0 Å². The molecule has 0 aromatic carbocycles. The Labute approximate surface area is 159 Å². The van der Waals surface area contributed by atoms with Crippen LogP contribution >= 0.6 is 0 Å². The molecule has 0 aliphatic carbocycles. The minimum atomic E-state index is -1.73. The Bertz CT molecular complexity index is 338.